The van der Waals surface area contributed by atoms with E-state index in [1.54, 1.807) is 6.07 Å². The summed E-state index contributed by atoms with van der Waals surface area (Å²) in [4.78, 5) is 23.5. The smallest absolute Gasteiger partial charge is 0.227 e. The number of aromatic nitrogens is 2. The molecule has 1 saturated heterocycles. The van der Waals surface area contributed by atoms with Crippen LogP contribution in [0.4, 0.5) is 15.9 Å². The molecule has 1 N–H and O–H groups in total. The van der Waals surface area contributed by atoms with Gasteiger partial charge in [-0.2, -0.15) is 0 Å². The first-order valence-corrected chi connectivity index (χ1v) is 9.79. The van der Waals surface area contributed by atoms with Gasteiger partial charge in [0.05, 0.1) is 5.69 Å². The Morgan fingerprint density at radius 1 is 1.07 bits per heavy atom. The number of piperidine rings is 1. The maximum absolute atomic E-state index is 13.5. The van der Waals surface area contributed by atoms with Crippen LogP contribution in [0.2, 0.25) is 0 Å². The highest BCUT2D eigenvalue weighted by molar-refractivity contribution is 5.93. The molecular formula is C23H23FN4O. The van der Waals surface area contributed by atoms with E-state index in [1.165, 1.54) is 18.5 Å². The minimum Gasteiger partial charge on any atom is -0.356 e. The highest BCUT2D eigenvalue weighted by Crippen LogP contribution is 2.26. The van der Waals surface area contributed by atoms with Crippen LogP contribution in [0.5, 0.6) is 0 Å². The first kappa shape index (κ1) is 19.1. The number of nitrogens with zero attached hydrogens (tertiary/aromatic N) is 3. The number of carbonyl (C=O) groups is 1. The molecule has 1 amide bonds. The summed E-state index contributed by atoms with van der Waals surface area (Å²) in [7, 11) is 0. The van der Waals surface area contributed by atoms with Crippen molar-refractivity contribution in [1.29, 1.82) is 0 Å². The normalized spacial score (nSPS) is 14.6. The third-order valence-corrected chi connectivity index (χ3v) is 5.37. The molecule has 0 radical (unpaired) electrons. The first-order chi connectivity index (χ1) is 14.1. The van der Waals surface area contributed by atoms with Crippen molar-refractivity contribution in [2.24, 2.45) is 5.92 Å². The molecule has 148 valence electrons. The van der Waals surface area contributed by atoms with E-state index in [4.69, 9.17) is 0 Å². The van der Waals surface area contributed by atoms with Gasteiger partial charge in [0.15, 0.2) is 0 Å². The molecule has 2 aromatic carbocycles. The van der Waals surface area contributed by atoms with E-state index in [-0.39, 0.29) is 17.6 Å². The third kappa shape index (κ3) is 4.42. The highest BCUT2D eigenvalue weighted by atomic mass is 19.1. The number of benzene rings is 2. The summed E-state index contributed by atoms with van der Waals surface area (Å²) >= 11 is 0. The molecular weight excluding hydrogens is 367 g/mol. The average Bonchev–Trinajstić information content (AvgIpc) is 2.75. The minimum absolute atomic E-state index is 0.0182. The Labute approximate surface area is 169 Å². The standard InChI is InChI=1S/C23H23FN4O/c1-16-5-2-3-8-20(16)27-23(29)17-9-11-28(12-10-17)22-14-21(25-15-26-22)18-6-4-7-19(24)13-18/h2-8,13-15,17H,9-12H2,1H3,(H,27,29). The van der Waals surface area contributed by atoms with Gasteiger partial charge in [-0.1, -0.05) is 30.3 Å². The van der Waals surface area contributed by atoms with E-state index in [2.05, 4.69) is 20.2 Å². The van der Waals surface area contributed by atoms with Gasteiger partial charge in [-0.3, -0.25) is 4.79 Å². The molecule has 5 nitrogen and oxygen atoms in total. The summed E-state index contributed by atoms with van der Waals surface area (Å²) < 4.78 is 13.5. The predicted octanol–water partition coefficient (Wildman–Crippen LogP) is 4.45. The van der Waals surface area contributed by atoms with Crippen molar-refractivity contribution in [2.45, 2.75) is 19.8 Å². The lowest BCUT2D eigenvalue weighted by Crippen LogP contribution is -2.38. The van der Waals surface area contributed by atoms with E-state index in [1.807, 2.05) is 43.3 Å². The zero-order chi connectivity index (χ0) is 20.2. The van der Waals surface area contributed by atoms with Crippen LogP contribution in [0.25, 0.3) is 11.3 Å². The lowest BCUT2D eigenvalue weighted by molar-refractivity contribution is -0.120. The molecule has 1 aliphatic rings. The number of anilines is 2. The largest absolute Gasteiger partial charge is 0.356 e. The summed E-state index contributed by atoms with van der Waals surface area (Å²) in [6.45, 7) is 3.47. The van der Waals surface area contributed by atoms with Crippen LogP contribution >= 0.6 is 0 Å². The Morgan fingerprint density at radius 3 is 2.62 bits per heavy atom. The second-order valence-electron chi connectivity index (χ2n) is 7.34. The zero-order valence-electron chi connectivity index (χ0n) is 16.3. The molecule has 2 heterocycles. The zero-order valence-corrected chi connectivity index (χ0v) is 16.3. The number of nitrogens with one attached hydrogen (secondary N) is 1. The van der Waals surface area contributed by atoms with E-state index >= 15 is 0 Å². The first-order valence-electron chi connectivity index (χ1n) is 9.79. The molecule has 1 aromatic heterocycles. The minimum atomic E-state index is -0.289. The second kappa shape index (κ2) is 8.39. The van der Waals surface area contributed by atoms with Gasteiger partial charge in [0.25, 0.3) is 0 Å². The van der Waals surface area contributed by atoms with E-state index in [0.717, 1.165) is 48.6 Å². The lowest BCUT2D eigenvalue weighted by Gasteiger charge is -2.32. The van der Waals surface area contributed by atoms with Crippen LogP contribution < -0.4 is 10.2 Å². The Bertz CT molecular complexity index is 1020. The topological polar surface area (TPSA) is 58.1 Å². The van der Waals surface area contributed by atoms with Gasteiger partial charge in [-0.05, 0) is 43.5 Å². The highest BCUT2D eigenvalue weighted by Gasteiger charge is 2.26. The molecule has 0 saturated carbocycles. The summed E-state index contributed by atoms with van der Waals surface area (Å²) in [6.07, 6.45) is 3.03. The number of carbonyl (C=O) groups excluding carboxylic acids is 1. The number of rotatable bonds is 4. The Hall–Kier alpha value is -3.28. The van der Waals surface area contributed by atoms with Crippen molar-refractivity contribution in [3.63, 3.8) is 0 Å². The maximum Gasteiger partial charge on any atom is 0.227 e. The van der Waals surface area contributed by atoms with E-state index < -0.39 is 0 Å². The van der Waals surface area contributed by atoms with Gasteiger partial charge < -0.3 is 10.2 Å². The monoisotopic (exact) mass is 390 g/mol. The van der Waals surface area contributed by atoms with Crippen molar-refractivity contribution in [2.75, 3.05) is 23.3 Å². The van der Waals surface area contributed by atoms with Crippen molar-refractivity contribution in [3.8, 4) is 11.3 Å². The lowest BCUT2D eigenvalue weighted by atomic mass is 9.95. The molecule has 0 bridgehead atoms. The number of hydrogen-bond donors (Lipinski definition) is 1. The van der Waals surface area contributed by atoms with Crippen molar-refractivity contribution < 1.29 is 9.18 Å². The van der Waals surface area contributed by atoms with Crippen molar-refractivity contribution >= 4 is 17.4 Å². The number of halogens is 1. The van der Waals surface area contributed by atoms with Gasteiger partial charge in [0.1, 0.15) is 18.0 Å². The molecule has 0 spiro atoms. The van der Waals surface area contributed by atoms with Crippen LogP contribution in [0, 0.1) is 18.7 Å². The molecule has 1 fully saturated rings. The molecule has 0 aliphatic carbocycles. The van der Waals surface area contributed by atoms with Gasteiger partial charge in [-0.15, -0.1) is 0 Å². The van der Waals surface area contributed by atoms with Crippen LogP contribution in [-0.4, -0.2) is 29.0 Å². The molecule has 6 heteroatoms. The molecule has 29 heavy (non-hydrogen) atoms. The number of aryl methyl sites for hydroxylation is 1. The van der Waals surface area contributed by atoms with Crippen LogP contribution in [-0.2, 0) is 4.79 Å². The van der Waals surface area contributed by atoms with E-state index in [9.17, 15) is 9.18 Å². The Morgan fingerprint density at radius 2 is 1.86 bits per heavy atom. The third-order valence-electron chi connectivity index (χ3n) is 5.37. The van der Waals surface area contributed by atoms with Gasteiger partial charge >= 0.3 is 0 Å². The molecule has 3 aromatic rings. The summed E-state index contributed by atoms with van der Waals surface area (Å²) in [5.74, 6) is 0.567. The molecule has 0 unspecified atom stereocenters. The fourth-order valence-electron chi connectivity index (χ4n) is 3.64. The van der Waals surface area contributed by atoms with Gasteiger partial charge in [0, 0.05) is 36.3 Å². The Kier molecular flexibility index (Phi) is 5.51. The molecule has 0 atom stereocenters. The Balaban J connectivity index is 1.40. The summed E-state index contributed by atoms with van der Waals surface area (Å²) in [6, 6.07) is 16.1. The summed E-state index contributed by atoms with van der Waals surface area (Å²) in [5.41, 5.74) is 3.34. The second-order valence-corrected chi connectivity index (χ2v) is 7.34. The fourth-order valence-corrected chi connectivity index (χ4v) is 3.64. The SMILES string of the molecule is Cc1ccccc1NC(=O)C1CCN(c2cc(-c3cccc(F)c3)ncn2)CC1. The molecule has 1 aliphatic heterocycles. The number of para-hydroxylation sites is 1. The van der Waals surface area contributed by atoms with Crippen LogP contribution in [0.3, 0.4) is 0 Å². The number of amides is 1. The van der Waals surface area contributed by atoms with Gasteiger partial charge in [-0.25, -0.2) is 14.4 Å². The van der Waals surface area contributed by atoms with Crippen LogP contribution in [0.1, 0.15) is 18.4 Å². The molecule has 4 rings (SSSR count). The van der Waals surface area contributed by atoms with Gasteiger partial charge in [0.2, 0.25) is 5.91 Å². The summed E-state index contributed by atoms with van der Waals surface area (Å²) in [5, 5.41) is 3.05. The fraction of sp³-hybridized carbons (Fsp3) is 0.261. The average molecular weight is 390 g/mol. The van der Waals surface area contributed by atoms with Crippen molar-refractivity contribution in [3.05, 3.63) is 72.3 Å². The predicted molar refractivity (Wildman–Crippen MR) is 112 cm³/mol. The maximum atomic E-state index is 13.5. The number of hydrogen-bond acceptors (Lipinski definition) is 4. The van der Waals surface area contributed by atoms with Crippen molar-refractivity contribution in [1.82, 2.24) is 9.97 Å². The van der Waals surface area contributed by atoms with Crippen LogP contribution in [0.15, 0.2) is 60.9 Å². The van der Waals surface area contributed by atoms with E-state index in [0.29, 0.717) is 5.69 Å². The quantitative estimate of drug-likeness (QED) is 0.715.